The molecule has 0 spiro atoms. The minimum Gasteiger partial charge on any atom is -0.386 e. The summed E-state index contributed by atoms with van der Waals surface area (Å²) >= 11 is 0. The lowest BCUT2D eigenvalue weighted by atomic mass is 9.75. The molecule has 3 rings (SSSR count). The maximum Gasteiger partial charge on any atom is 0.113 e. The SMILES string of the molecule is CCc1nn(C)cc1C(O)C1(C#N)CCc2ccccc21. The van der Waals surface area contributed by atoms with Crippen molar-refractivity contribution in [3.63, 3.8) is 0 Å². The number of aryl methyl sites for hydroxylation is 3. The van der Waals surface area contributed by atoms with Gasteiger partial charge in [0, 0.05) is 18.8 Å². The van der Waals surface area contributed by atoms with Crippen LogP contribution in [0.3, 0.4) is 0 Å². The fourth-order valence-corrected chi connectivity index (χ4v) is 3.42. The number of benzene rings is 1. The maximum absolute atomic E-state index is 11.0. The number of aliphatic hydroxyl groups is 1. The zero-order valence-electron chi connectivity index (χ0n) is 12.4. The van der Waals surface area contributed by atoms with Crippen molar-refractivity contribution < 1.29 is 5.11 Å². The predicted octanol–water partition coefficient (Wildman–Crippen LogP) is 2.42. The van der Waals surface area contributed by atoms with Crippen LogP contribution in [0.5, 0.6) is 0 Å². The van der Waals surface area contributed by atoms with E-state index in [1.807, 2.05) is 44.4 Å². The summed E-state index contributed by atoms with van der Waals surface area (Å²) in [6.45, 7) is 2.01. The molecule has 1 N–H and O–H groups in total. The third-order valence-electron chi connectivity index (χ3n) is 4.52. The predicted molar refractivity (Wildman–Crippen MR) is 79.6 cm³/mol. The Kier molecular flexibility index (Phi) is 3.30. The van der Waals surface area contributed by atoms with Crippen LogP contribution in [0.2, 0.25) is 0 Å². The summed E-state index contributed by atoms with van der Waals surface area (Å²) in [6, 6.07) is 10.3. The van der Waals surface area contributed by atoms with E-state index < -0.39 is 11.5 Å². The average molecular weight is 281 g/mol. The molecule has 0 saturated heterocycles. The number of aromatic nitrogens is 2. The second-order valence-electron chi connectivity index (χ2n) is 5.70. The number of aliphatic hydroxyl groups excluding tert-OH is 1. The van der Waals surface area contributed by atoms with Crippen molar-refractivity contribution in [2.45, 2.75) is 37.7 Å². The van der Waals surface area contributed by atoms with Crippen LogP contribution in [0, 0.1) is 11.3 Å². The summed E-state index contributed by atoms with van der Waals surface area (Å²) in [4.78, 5) is 0. The van der Waals surface area contributed by atoms with Gasteiger partial charge in [0.1, 0.15) is 11.5 Å². The van der Waals surface area contributed by atoms with E-state index in [1.54, 1.807) is 4.68 Å². The molecule has 1 aliphatic carbocycles. The lowest BCUT2D eigenvalue weighted by molar-refractivity contribution is 0.110. The summed E-state index contributed by atoms with van der Waals surface area (Å²) in [5.74, 6) is 0. The fraction of sp³-hybridized carbons (Fsp3) is 0.412. The van der Waals surface area contributed by atoms with Crippen LogP contribution in [0.1, 0.15) is 41.8 Å². The summed E-state index contributed by atoms with van der Waals surface area (Å²) < 4.78 is 1.71. The molecule has 2 unspecified atom stereocenters. The molecular formula is C17H19N3O. The van der Waals surface area contributed by atoms with Gasteiger partial charge in [-0.2, -0.15) is 10.4 Å². The highest BCUT2D eigenvalue weighted by Gasteiger charge is 2.46. The van der Waals surface area contributed by atoms with Crippen LogP contribution in [-0.2, 0) is 25.3 Å². The van der Waals surface area contributed by atoms with E-state index in [9.17, 15) is 10.4 Å². The zero-order chi connectivity index (χ0) is 15.0. The molecule has 0 fully saturated rings. The van der Waals surface area contributed by atoms with E-state index >= 15 is 0 Å². The van der Waals surface area contributed by atoms with Gasteiger partial charge in [0.15, 0.2) is 0 Å². The Labute approximate surface area is 124 Å². The van der Waals surface area contributed by atoms with Crippen molar-refractivity contribution in [1.29, 1.82) is 5.26 Å². The number of rotatable bonds is 3. The highest BCUT2D eigenvalue weighted by atomic mass is 16.3. The second kappa shape index (κ2) is 5.01. The number of hydrogen-bond acceptors (Lipinski definition) is 3. The van der Waals surface area contributed by atoms with Crippen molar-refractivity contribution in [1.82, 2.24) is 9.78 Å². The first-order valence-electron chi connectivity index (χ1n) is 7.32. The van der Waals surface area contributed by atoms with Crippen molar-refractivity contribution in [2.24, 2.45) is 7.05 Å². The minimum absolute atomic E-state index is 0.655. The maximum atomic E-state index is 11.0. The Morgan fingerprint density at radius 1 is 1.48 bits per heavy atom. The van der Waals surface area contributed by atoms with Gasteiger partial charge in [0.05, 0.1) is 11.8 Å². The van der Waals surface area contributed by atoms with E-state index in [2.05, 4.69) is 11.2 Å². The van der Waals surface area contributed by atoms with Gasteiger partial charge in [-0.25, -0.2) is 0 Å². The normalized spacial score (nSPS) is 21.8. The van der Waals surface area contributed by atoms with Gasteiger partial charge in [0.2, 0.25) is 0 Å². The molecule has 4 nitrogen and oxygen atoms in total. The third-order valence-corrected chi connectivity index (χ3v) is 4.52. The summed E-state index contributed by atoms with van der Waals surface area (Å²) in [5, 5.41) is 25.2. The molecule has 4 heteroatoms. The van der Waals surface area contributed by atoms with Crippen molar-refractivity contribution >= 4 is 0 Å². The molecule has 1 aromatic heterocycles. The molecule has 2 atom stereocenters. The van der Waals surface area contributed by atoms with Crippen LogP contribution in [-0.4, -0.2) is 14.9 Å². The first kappa shape index (κ1) is 13.8. The number of fused-ring (bicyclic) bond motifs is 1. The fourth-order valence-electron chi connectivity index (χ4n) is 3.42. The lowest BCUT2D eigenvalue weighted by Gasteiger charge is -2.28. The smallest absolute Gasteiger partial charge is 0.113 e. The van der Waals surface area contributed by atoms with Gasteiger partial charge in [-0.3, -0.25) is 4.68 Å². The Morgan fingerprint density at radius 3 is 2.95 bits per heavy atom. The largest absolute Gasteiger partial charge is 0.386 e. The Morgan fingerprint density at radius 2 is 2.24 bits per heavy atom. The molecule has 0 bridgehead atoms. The van der Waals surface area contributed by atoms with E-state index in [1.165, 1.54) is 5.56 Å². The van der Waals surface area contributed by atoms with Crippen LogP contribution in [0.15, 0.2) is 30.5 Å². The first-order chi connectivity index (χ1) is 10.1. The van der Waals surface area contributed by atoms with Crippen molar-refractivity contribution in [2.75, 3.05) is 0 Å². The van der Waals surface area contributed by atoms with Crippen molar-refractivity contribution in [3.8, 4) is 6.07 Å². The quantitative estimate of drug-likeness (QED) is 0.940. The van der Waals surface area contributed by atoms with Crippen LogP contribution in [0.4, 0.5) is 0 Å². The van der Waals surface area contributed by atoms with Gasteiger partial charge >= 0.3 is 0 Å². The molecule has 1 aliphatic rings. The van der Waals surface area contributed by atoms with Gasteiger partial charge in [-0.05, 0) is 30.4 Å². The van der Waals surface area contributed by atoms with Gasteiger partial charge in [-0.15, -0.1) is 0 Å². The number of nitriles is 1. The molecular weight excluding hydrogens is 262 g/mol. The molecule has 2 aromatic rings. The highest BCUT2D eigenvalue weighted by molar-refractivity contribution is 5.47. The van der Waals surface area contributed by atoms with E-state index in [4.69, 9.17) is 0 Å². The minimum atomic E-state index is -0.858. The standard InChI is InChI=1S/C17H19N3O/c1-3-15-13(10-20(2)19-15)16(21)17(11-18)9-8-12-6-4-5-7-14(12)17/h4-7,10,16,21H,3,8-9H2,1-2H3. The van der Waals surface area contributed by atoms with Crippen LogP contribution < -0.4 is 0 Å². The molecule has 108 valence electrons. The van der Waals surface area contributed by atoms with E-state index in [0.717, 1.165) is 29.7 Å². The summed E-state index contributed by atoms with van der Waals surface area (Å²) in [7, 11) is 1.84. The monoisotopic (exact) mass is 281 g/mol. The van der Waals surface area contributed by atoms with E-state index in [-0.39, 0.29) is 0 Å². The first-order valence-corrected chi connectivity index (χ1v) is 7.32. The Balaban J connectivity index is 2.11. The van der Waals surface area contributed by atoms with Crippen LogP contribution in [0.25, 0.3) is 0 Å². The average Bonchev–Trinajstić information content (AvgIpc) is 3.07. The summed E-state index contributed by atoms with van der Waals surface area (Å²) in [6.07, 6.45) is 3.24. The molecule has 0 radical (unpaired) electrons. The third kappa shape index (κ3) is 1.97. The summed E-state index contributed by atoms with van der Waals surface area (Å²) in [5.41, 5.74) is 2.91. The lowest BCUT2D eigenvalue weighted by Crippen LogP contribution is -2.30. The highest BCUT2D eigenvalue weighted by Crippen LogP contribution is 2.47. The zero-order valence-corrected chi connectivity index (χ0v) is 12.4. The molecule has 1 aromatic carbocycles. The molecule has 21 heavy (non-hydrogen) atoms. The van der Waals surface area contributed by atoms with Crippen molar-refractivity contribution in [3.05, 3.63) is 52.8 Å². The number of nitrogens with zero attached hydrogens (tertiary/aromatic N) is 3. The molecule has 0 amide bonds. The van der Waals surface area contributed by atoms with Gasteiger partial charge in [-0.1, -0.05) is 31.2 Å². The van der Waals surface area contributed by atoms with Gasteiger partial charge in [0.25, 0.3) is 0 Å². The second-order valence-corrected chi connectivity index (χ2v) is 5.70. The molecule has 0 saturated carbocycles. The topological polar surface area (TPSA) is 61.8 Å². The Bertz CT molecular complexity index is 713. The Hall–Kier alpha value is -2.12. The van der Waals surface area contributed by atoms with Crippen LogP contribution >= 0.6 is 0 Å². The van der Waals surface area contributed by atoms with E-state index in [0.29, 0.717) is 6.42 Å². The van der Waals surface area contributed by atoms with Gasteiger partial charge < -0.3 is 5.11 Å². The molecule has 1 heterocycles. The number of hydrogen-bond donors (Lipinski definition) is 1. The molecule has 0 aliphatic heterocycles.